The van der Waals surface area contributed by atoms with Gasteiger partial charge in [0.05, 0.1) is 0 Å². The van der Waals surface area contributed by atoms with Crippen molar-refractivity contribution in [2.24, 2.45) is 0 Å². The zero-order valence-electron chi connectivity index (χ0n) is 5.74. The van der Waals surface area contributed by atoms with Crippen LogP contribution in [0.3, 0.4) is 0 Å². The smallest absolute Gasteiger partial charge is 0.297 e. The van der Waals surface area contributed by atoms with Gasteiger partial charge in [-0.3, -0.25) is 0 Å². The van der Waals surface area contributed by atoms with Gasteiger partial charge in [-0.2, -0.15) is 0 Å². The SMILES string of the molecule is C=CCn1cnnc1C(F)F. The first-order valence-electron chi connectivity index (χ1n) is 3.02. The molecule has 1 rings (SSSR count). The van der Waals surface area contributed by atoms with Crippen molar-refractivity contribution in [2.75, 3.05) is 0 Å². The minimum atomic E-state index is -2.57. The molecule has 0 radical (unpaired) electrons. The van der Waals surface area contributed by atoms with E-state index in [2.05, 4.69) is 16.8 Å². The standard InChI is InChI=1S/C6H7F2N3/c1-2-3-11-4-9-10-6(11)5(7)8/h2,4-5H,1,3H2. The van der Waals surface area contributed by atoms with E-state index in [-0.39, 0.29) is 5.82 Å². The summed E-state index contributed by atoms with van der Waals surface area (Å²) in [5, 5.41) is 6.60. The lowest BCUT2D eigenvalue weighted by molar-refractivity contribution is 0.135. The third kappa shape index (κ3) is 1.60. The molecule has 1 aromatic heterocycles. The Morgan fingerprint density at radius 3 is 3.00 bits per heavy atom. The van der Waals surface area contributed by atoms with Crippen molar-refractivity contribution < 1.29 is 8.78 Å². The first-order valence-corrected chi connectivity index (χ1v) is 3.02. The Kier molecular flexibility index (Phi) is 2.30. The molecule has 0 bridgehead atoms. The third-order valence-corrected chi connectivity index (χ3v) is 1.17. The highest BCUT2D eigenvalue weighted by molar-refractivity contribution is 4.89. The fourth-order valence-electron chi connectivity index (χ4n) is 0.713. The van der Waals surface area contributed by atoms with Gasteiger partial charge in [0.2, 0.25) is 0 Å². The number of halogens is 2. The molecule has 1 heterocycles. The fourth-order valence-corrected chi connectivity index (χ4v) is 0.713. The highest BCUT2D eigenvalue weighted by Gasteiger charge is 2.13. The van der Waals surface area contributed by atoms with Crippen molar-refractivity contribution in [3.63, 3.8) is 0 Å². The number of aromatic nitrogens is 3. The summed E-state index contributed by atoms with van der Waals surface area (Å²) in [6.45, 7) is 3.73. The van der Waals surface area contributed by atoms with Crippen molar-refractivity contribution in [3.8, 4) is 0 Å². The number of allylic oxidation sites excluding steroid dienone is 1. The van der Waals surface area contributed by atoms with Gasteiger partial charge in [-0.25, -0.2) is 8.78 Å². The first kappa shape index (κ1) is 7.84. The van der Waals surface area contributed by atoms with Crippen LogP contribution in [-0.2, 0) is 6.54 Å². The van der Waals surface area contributed by atoms with Gasteiger partial charge in [-0.15, -0.1) is 16.8 Å². The molecule has 5 heteroatoms. The van der Waals surface area contributed by atoms with E-state index in [1.807, 2.05) is 0 Å². The normalized spacial score (nSPS) is 10.5. The Bertz CT molecular complexity index is 244. The molecular weight excluding hydrogens is 152 g/mol. The third-order valence-electron chi connectivity index (χ3n) is 1.17. The van der Waals surface area contributed by atoms with E-state index in [0.717, 1.165) is 0 Å². The minimum Gasteiger partial charge on any atom is -0.309 e. The van der Waals surface area contributed by atoms with Crippen LogP contribution in [0.5, 0.6) is 0 Å². The number of alkyl halides is 2. The molecule has 0 N–H and O–H groups in total. The van der Waals surface area contributed by atoms with E-state index in [0.29, 0.717) is 6.54 Å². The Labute approximate surface area is 62.4 Å². The Morgan fingerprint density at radius 1 is 1.73 bits per heavy atom. The van der Waals surface area contributed by atoms with Crippen LogP contribution in [0.4, 0.5) is 8.78 Å². The maximum atomic E-state index is 12.0. The minimum absolute atomic E-state index is 0.312. The second-order valence-corrected chi connectivity index (χ2v) is 1.93. The average Bonchev–Trinajstić information content (AvgIpc) is 2.36. The van der Waals surface area contributed by atoms with Crippen molar-refractivity contribution in [1.29, 1.82) is 0 Å². The molecule has 60 valence electrons. The van der Waals surface area contributed by atoms with Gasteiger partial charge >= 0.3 is 0 Å². The molecule has 0 aliphatic rings. The fraction of sp³-hybridized carbons (Fsp3) is 0.333. The van der Waals surface area contributed by atoms with Crippen LogP contribution in [0.15, 0.2) is 19.0 Å². The van der Waals surface area contributed by atoms with E-state index in [4.69, 9.17) is 0 Å². The monoisotopic (exact) mass is 159 g/mol. The largest absolute Gasteiger partial charge is 0.309 e. The van der Waals surface area contributed by atoms with Crippen molar-refractivity contribution in [1.82, 2.24) is 14.8 Å². The number of hydrogen-bond acceptors (Lipinski definition) is 2. The first-order chi connectivity index (χ1) is 5.25. The van der Waals surface area contributed by atoms with Crippen LogP contribution >= 0.6 is 0 Å². The van der Waals surface area contributed by atoms with E-state index < -0.39 is 6.43 Å². The summed E-state index contributed by atoms with van der Waals surface area (Å²) in [6, 6.07) is 0. The molecule has 0 fully saturated rings. The van der Waals surface area contributed by atoms with Gasteiger partial charge in [-0.05, 0) is 0 Å². The molecular formula is C6H7F2N3. The quantitative estimate of drug-likeness (QED) is 0.624. The lowest BCUT2D eigenvalue weighted by Gasteiger charge is -1.99. The van der Waals surface area contributed by atoms with Crippen LogP contribution < -0.4 is 0 Å². The van der Waals surface area contributed by atoms with Crippen molar-refractivity contribution in [3.05, 3.63) is 24.8 Å². The van der Waals surface area contributed by atoms with E-state index in [1.165, 1.54) is 17.0 Å². The summed E-state index contributed by atoms with van der Waals surface area (Å²) in [4.78, 5) is 0. The molecule has 0 spiro atoms. The maximum Gasteiger partial charge on any atom is 0.297 e. The number of nitrogens with zero attached hydrogens (tertiary/aromatic N) is 3. The molecule has 3 nitrogen and oxygen atoms in total. The molecule has 11 heavy (non-hydrogen) atoms. The predicted octanol–water partition coefficient (Wildman–Crippen LogP) is 1.40. The summed E-state index contributed by atoms with van der Waals surface area (Å²) in [5.74, 6) is -0.315. The zero-order chi connectivity index (χ0) is 8.27. The molecule has 0 saturated heterocycles. The summed E-state index contributed by atoms with van der Waals surface area (Å²) in [5.41, 5.74) is 0. The van der Waals surface area contributed by atoms with Crippen LogP contribution in [-0.4, -0.2) is 14.8 Å². The summed E-state index contributed by atoms with van der Waals surface area (Å²) >= 11 is 0. The van der Waals surface area contributed by atoms with E-state index in [9.17, 15) is 8.78 Å². The lowest BCUT2D eigenvalue weighted by atomic mass is 10.5. The Balaban J connectivity index is 2.86. The van der Waals surface area contributed by atoms with Crippen LogP contribution in [0.25, 0.3) is 0 Å². The zero-order valence-corrected chi connectivity index (χ0v) is 5.74. The molecule has 0 aliphatic heterocycles. The van der Waals surface area contributed by atoms with Crippen LogP contribution in [0.1, 0.15) is 12.2 Å². The van der Waals surface area contributed by atoms with Gasteiger partial charge in [0, 0.05) is 6.54 Å². The van der Waals surface area contributed by atoms with Gasteiger partial charge < -0.3 is 4.57 Å². The molecule has 0 aromatic carbocycles. The second-order valence-electron chi connectivity index (χ2n) is 1.93. The van der Waals surface area contributed by atoms with Crippen molar-refractivity contribution >= 4 is 0 Å². The molecule has 0 unspecified atom stereocenters. The molecule has 0 aliphatic carbocycles. The maximum absolute atomic E-state index is 12.0. The summed E-state index contributed by atoms with van der Waals surface area (Å²) in [7, 11) is 0. The summed E-state index contributed by atoms with van der Waals surface area (Å²) < 4.78 is 25.3. The highest BCUT2D eigenvalue weighted by atomic mass is 19.3. The van der Waals surface area contributed by atoms with Crippen LogP contribution in [0, 0.1) is 0 Å². The van der Waals surface area contributed by atoms with Crippen molar-refractivity contribution in [2.45, 2.75) is 13.0 Å². The molecule has 1 aromatic rings. The number of hydrogen-bond donors (Lipinski definition) is 0. The topological polar surface area (TPSA) is 30.7 Å². The molecule has 0 atom stereocenters. The van der Waals surface area contributed by atoms with Gasteiger partial charge in [0.15, 0.2) is 5.82 Å². The average molecular weight is 159 g/mol. The lowest BCUT2D eigenvalue weighted by Crippen LogP contribution is -2.01. The van der Waals surface area contributed by atoms with Gasteiger partial charge in [-0.1, -0.05) is 6.08 Å². The summed E-state index contributed by atoms with van der Waals surface area (Å²) in [6.07, 6.45) is 0.191. The van der Waals surface area contributed by atoms with Gasteiger partial charge in [0.1, 0.15) is 6.33 Å². The van der Waals surface area contributed by atoms with E-state index >= 15 is 0 Å². The second kappa shape index (κ2) is 3.23. The van der Waals surface area contributed by atoms with E-state index in [1.54, 1.807) is 0 Å². The Hall–Kier alpha value is -1.26. The number of rotatable bonds is 3. The molecule has 0 amide bonds. The van der Waals surface area contributed by atoms with Crippen LogP contribution in [0.2, 0.25) is 0 Å². The highest BCUT2D eigenvalue weighted by Crippen LogP contribution is 2.14. The Morgan fingerprint density at radius 2 is 2.45 bits per heavy atom. The predicted molar refractivity (Wildman–Crippen MR) is 35.2 cm³/mol. The van der Waals surface area contributed by atoms with Gasteiger partial charge in [0.25, 0.3) is 6.43 Å². The molecule has 0 saturated carbocycles.